The van der Waals surface area contributed by atoms with Crippen LogP contribution in [0.1, 0.15) is 62.2 Å². The van der Waals surface area contributed by atoms with Gasteiger partial charge in [-0.1, -0.05) is 0 Å². The molecule has 4 aliphatic rings. The third-order valence-corrected chi connectivity index (χ3v) is 7.70. The van der Waals surface area contributed by atoms with Crippen LogP contribution in [0.25, 0.3) is 5.65 Å². The first kappa shape index (κ1) is 20.4. The summed E-state index contributed by atoms with van der Waals surface area (Å²) in [5.41, 5.74) is 15.7. The lowest BCUT2D eigenvalue weighted by Crippen LogP contribution is -2.48. The summed E-state index contributed by atoms with van der Waals surface area (Å²) >= 11 is 0. The van der Waals surface area contributed by atoms with Crippen LogP contribution in [-0.2, 0) is 4.79 Å². The van der Waals surface area contributed by atoms with Gasteiger partial charge in [-0.3, -0.25) is 10.2 Å². The third-order valence-electron chi connectivity index (χ3n) is 7.70. The summed E-state index contributed by atoms with van der Waals surface area (Å²) in [6, 6.07) is 2.61. The van der Waals surface area contributed by atoms with Crippen molar-refractivity contribution in [1.29, 1.82) is 0 Å². The zero-order chi connectivity index (χ0) is 21.8. The fourth-order valence-corrected chi connectivity index (χ4v) is 5.74. The molecule has 9 heteroatoms. The van der Waals surface area contributed by atoms with Gasteiger partial charge in [0.2, 0.25) is 5.91 Å². The Morgan fingerprint density at radius 1 is 1.16 bits per heavy atom. The SMILES string of the molecule is Cc1cn2nc(C3CCCCN3C(=O)C3CC(C4CC4)NN3)cc2nc1N1CCC(N)C1. The van der Waals surface area contributed by atoms with Gasteiger partial charge in [0.15, 0.2) is 5.65 Å². The van der Waals surface area contributed by atoms with E-state index in [4.69, 9.17) is 15.8 Å². The van der Waals surface area contributed by atoms with Gasteiger partial charge in [-0.25, -0.2) is 14.9 Å². The van der Waals surface area contributed by atoms with E-state index in [1.54, 1.807) is 0 Å². The molecular weight excluding hydrogens is 404 g/mol. The van der Waals surface area contributed by atoms with E-state index in [1.165, 1.54) is 12.8 Å². The number of aromatic nitrogens is 3. The molecule has 172 valence electrons. The van der Waals surface area contributed by atoms with Crippen LogP contribution in [0.4, 0.5) is 5.82 Å². The third kappa shape index (κ3) is 3.66. The zero-order valence-corrected chi connectivity index (χ0v) is 18.8. The Labute approximate surface area is 188 Å². The van der Waals surface area contributed by atoms with Crippen molar-refractivity contribution in [3.63, 3.8) is 0 Å². The minimum Gasteiger partial charge on any atom is -0.355 e. The van der Waals surface area contributed by atoms with Crippen molar-refractivity contribution in [2.75, 3.05) is 24.5 Å². The highest BCUT2D eigenvalue weighted by Gasteiger charge is 2.42. The summed E-state index contributed by atoms with van der Waals surface area (Å²) < 4.78 is 1.87. The first-order valence-electron chi connectivity index (χ1n) is 12.3. The average molecular weight is 439 g/mol. The van der Waals surface area contributed by atoms with Crippen LogP contribution >= 0.6 is 0 Å². The van der Waals surface area contributed by atoms with Crippen molar-refractivity contribution in [1.82, 2.24) is 30.3 Å². The zero-order valence-electron chi connectivity index (χ0n) is 18.8. The summed E-state index contributed by atoms with van der Waals surface area (Å²) in [6.45, 7) is 4.67. The Balaban J connectivity index is 1.25. The number of nitrogens with zero attached hydrogens (tertiary/aromatic N) is 5. The molecule has 1 amide bonds. The average Bonchev–Trinajstić information content (AvgIpc) is 3.19. The summed E-state index contributed by atoms with van der Waals surface area (Å²) in [5, 5.41) is 4.87. The van der Waals surface area contributed by atoms with Crippen molar-refractivity contribution in [2.24, 2.45) is 11.7 Å². The number of carbonyl (C=O) groups is 1. The fourth-order valence-electron chi connectivity index (χ4n) is 5.74. The van der Waals surface area contributed by atoms with E-state index >= 15 is 0 Å². The second kappa shape index (κ2) is 7.97. The largest absolute Gasteiger partial charge is 0.355 e. The highest BCUT2D eigenvalue weighted by atomic mass is 16.2. The van der Waals surface area contributed by atoms with Crippen molar-refractivity contribution in [2.45, 2.75) is 76.0 Å². The van der Waals surface area contributed by atoms with Crippen molar-refractivity contribution in [3.8, 4) is 0 Å². The summed E-state index contributed by atoms with van der Waals surface area (Å²) in [7, 11) is 0. The molecule has 4 atom stereocenters. The van der Waals surface area contributed by atoms with Crippen LogP contribution in [0.5, 0.6) is 0 Å². The van der Waals surface area contributed by atoms with Crippen molar-refractivity contribution in [3.05, 3.63) is 23.5 Å². The number of piperidine rings is 1. The Kier molecular flexibility index (Phi) is 5.07. The minimum atomic E-state index is -0.135. The molecule has 9 nitrogen and oxygen atoms in total. The van der Waals surface area contributed by atoms with E-state index < -0.39 is 0 Å². The quantitative estimate of drug-likeness (QED) is 0.660. The number of hydrazine groups is 1. The highest BCUT2D eigenvalue weighted by Crippen LogP contribution is 2.37. The Bertz CT molecular complexity index is 1020. The number of nitrogens with one attached hydrogen (secondary N) is 2. The molecule has 3 aliphatic heterocycles. The van der Waals surface area contributed by atoms with Gasteiger partial charge in [0.25, 0.3) is 0 Å². The van der Waals surface area contributed by atoms with E-state index in [0.717, 1.165) is 80.4 Å². The summed E-state index contributed by atoms with van der Waals surface area (Å²) in [6.07, 6.45) is 9.64. The van der Waals surface area contributed by atoms with Crippen LogP contribution in [0.3, 0.4) is 0 Å². The van der Waals surface area contributed by atoms with Crippen molar-refractivity contribution < 1.29 is 4.79 Å². The molecule has 2 aromatic rings. The molecule has 6 rings (SSSR count). The lowest BCUT2D eigenvalue weighted by molar-refractivity contribution is -0.137. The van der Waals surface area contributed by atoms with Crippen molar-refractivity contribution >= 4 is 17.4 Å². The molecule has 4 N–H and O–H groups in total. The number of likely N-dealkylation sites (tertiary alicyclic amines) is 1. The number of aryl methyl sites for hydroxylation is 1. The van der Waals surface area contributed by atoms with Gasteiger partial charge in [-0.15, -0.1) is 0 Å². The number of rotatable bonds is 4. The second-order valence-electron chi connectivity index (χ2n) is 10.2. The predicted molar refractivity (Wildman–Crippen MR) is 122 cm³/mol. The van der Waals surface area contributed by atoms with E-state index in [9.17, 15) is 4.79 Å². The van der Waals surface area contributed by atoms with Gasteiger partial charge in [-0.2, -0.15) is 5.10 Å². The lowest BCUT2D eigenvalue weighted by Gasteiger charge is -2.36. The molecule has 4 fully saturated rings. The Hall–Kier alpha value is -2.23. The number of carbonyl (C=O) groups excluding carboxylic acids is 1. The number of nitrogens with two attached hydrogens (primary N) is 1. The molecular formula is C23H34N8O. The van der Waals surface area contributed by atoms with Crippen LogP contribution in [-0.4, -0.2) is 63.2 Å². The number of hydrogen-bond acceptors (Lipinski definition) is 7. The Morgan fingerprint density at radius 2 is 2.03 bits per heavy atom. The monoisotopic (exact) mass is 438 g/mol. The fraction of sp³-hybridized carbons (Fsp3) is 0.696. The summed E-state index contributed by atoms with van der Waals surface area (Å²) in [4.78, 5) is 22.7. The normalized spacial score (nSPS) is 31.1. The number of amides is 1. The first-order chi connectivity index (χ1) is 15.6. The van der Waals surface area contributed by atoms with Gasteiger partial charge >= 0.3 is 0 Å². The molecule has 0 bridgehead atoms. The number of hydrogen-bond donors (Lipinski definition) is 3. The second-order valence-corrected chi connectivity index (χ2v) is 10.2. The molecule has 0 aromatic carbocycles. The topological polar surface area (TPSA) is 104 Å². The predicted octanol–water partition coefficient (Wildman–Crippen LogP) is 1.27. The van der Waals surface area contributed by atoms with Crippen LogP contribution in [0.2, 0.25) is 0 Å². The van der Waals surface area contributed by atoms with Gasteiger partial charge in [0, 0.05) is 49.5 Å². The lowest BCUT2D eigenvalue weighted by atomic mass is 9.97. The van der Waals surface area contributed by atoms with E-state index in [-0.39, 0.29) is 24.0 Å². The maximum Gasteiger partial charge on any atom is 0.241 e. The number of fused-ring (bicyclic) bond motifs is 1. The maximum absolute atomic E-state index is 13.5. The van der Waals surface area contributed by atoms with E-state index in [1.807, 2.05) is 4.52 Å². The van der Waals surface area contributed by atoms with Gasteiger partial charge in [-0.05, 0) is 57.8 Å². The molecule has 4 unspecified atom stereocenters. The molecule has 1 saturated carbocycles. The first-order valence-corrected chi connectivity index (χ1v) is 12.3. The van der Waals surface area contributed by atoms with Crippen LogP contribution in [0.15, 0.2) is 12.3 Å². The van der Waals surface area contributed by atoms with Crippen LogP contribution in [0, 0.1) is 12.8 Å². The molecule has 1 aliphatic carbocycles. The van der Waals surface area contributed by atoms with E-state index in [0.29, 0.717) is 6.04 Å². The van der Waals surface area contributed by atoms with Gasteiger partial charge < -0.3 is 15.5 Å². The van der Waals surface area contributed by atoms with E-state index in [2.05, 4.69) is 39.8 Å². The highest BCUT2D eigenvalue weighted by molar-refractivity contribution is 5.82. The maximum atomic E-state index is 13.5. The standard InChI is InChI=1S/C23H34N8O/c1-14-12-31-21(25-22(14)29-9-7-16(24)13-29)11-18(28-31)20-4-2-3-8-30(20)23(32)19-10-17(26-27-19)15-5-6-15/h11-12,15-17,19-20,26-27H,2-10,13,24H2,1H3. The molecule has 0 radical (unpaired) electrons. The molecule has 5 heterocycles. The molecule has 3 saturated heterocycles. The van der Waals surface area contributed by atoms with Crippen LogP contribution < -0.4 is 21.5 Å². The molecule has 2 aromatic heterocycles. The minimum absolute atomic E-state index is 0.0173. The van der Waals surface area contributed by atoms with Gasteiger partial charge in [0.1, 0.15) is 11.9 Å². The number of anilines is 1. The molecule has 32 heavy (non-hydrogen) atoms. The summed E-state index contributed by atoms with van der Waals surface area (Å²) in [5.74, 6) is 1.95. The van der Waals surface area contributed by atoms with Gasteiger partial charge in [0.05, 0.1) is 11.7 Å². The molecule has 0 spiro atoms. The Morgan fingerprint density at radius 3 is 2.81 bits per heavy atom. The smallest absolute Gasteiger partial charge is 0.241 e.